The average Bonchev–Trinajstić information content (AvgIpc) is 2.53. The predicted octanol–water partition coefficient (Wildman–Crippen LogP) is 2.26. The van der Waals surface area contributed by atoms with Gasteiger partial charge in [0.15, 0.2) is 0 Å². The second kappa shape index (κ2) is 7.77. The van der Waals surface area contributed by atoms with Crippen molar-refractivity contribution in [2.45, 2.75) is 0 Å². The van der Waals surface area contributed by atoms with Crippen LogP contribution in [0.1, 0.15) is 11.1 Å². The number of hydrogen-bond acceptors (Lipinski definition) is 2. The van der Waals surface area contributed by atoms with Crippen LogP contribution >= 0.6 is 0 Å². The molecule has 0 saturated carbocycles. The summed E-state index contributed by atoms with van der Waals surface area (Å²) in [4.78, 5) is 0. The third kappa shape index (κ3) is 5.11. The summed E-state index contributed by atoms with van der Waals surface area (Å²) in [6, 6.07) is 14.5. The van der Waals surface area contributed by atoms with E-state index in [1.165, 1.54) is 0 Å². The molecule has 0 saturated heterocycles. The lowest BCUT2D eigenvalue weighted by molar-refractivity contribution is 1.63. The Bertz CT molecular complexity index is 810. The maximum absolute atomic E-state index is 5.59. The van der Waals surface area contributed by atoms with E-state index in [1.54, 1.807) is 24.3 Å². The zero-order valence-corrected chi connectivity index (χ0v) is 11.8. The van der Waals surface area contributed by atoms with Crippen LogP contribution in [0.25, 0.3) is 0 Å². The van der Waals surface area contributed by atoms with Crippen molar-refractivity contribution >= 4 is 11.4 Å². The Hall–Kier alpha value is -3.72. The minimum absolute atomic E-state index is 0.710. The zero-order chi connectivity index (χ0) is 15.6. The van der Waals surface area contributed by atoms with Gasteiger partial charge in [-0.2, -0.15) is 0 Å². The predicted molar refractivity (Wildman–Crippen MR) is 91.0 cm³/mol. The summed E-state index contributed by atoms with van der Waals surface area (Å²) in [6.45, 7) is 0. The average molecular weight is 280 g/mol. The van der Waals surface area contributed by atoms with E-state index >= 15 is 0 Å². The van der Waals surface area contributed by atoms with Gasteiger partial charge in [0.2, 0.25) is 0 Å². The number of nitrogen functional groups attached to an aromatic ring is 2. The van der Waals surface area contributed by atoms with Crippen LogP contribution in [-0.2, 0) is 0 Å². The molecule has 2 rings (SSSR count). The van der Waals surface area contributed by atoms with Crippen molar-refractivity contribution in [3.05, 3.63) is 59.7 Å². The molecule has 0 spiro atoms. The Labute approximate surface area is 130 Å². The number of benzene rings is 2. The third-order valence-electron chi connectivity index (χ3n) is 2.55. The van der Waals surface area contributed by atoms with Crippen LogP contribution in [0.4, 0.5) is 11.4 Å². The molecule has 4 N–H and O–H groups in total. The summed E-state index contributed by atoms with van der Waals surface area (Å²) < 4.78 is 0. The van der Waals surface area contributed by atoms with Crippen LogP contribution in [0, 0.1) is 47.4 Å². The first-order valence-electron chi connectivity index (χ1n) is 6.47. The Morgan fingerprint density at radius 3 is 1.14 bits per heavy atom. The molecule has 2 nitrogen and oxygen atoms in total. The third-order valence-corrected chi connectivity index (χ3v) is 2.55. The fraction of sp³-hybridized carbons (Fsp3) is 0. The van der Waals surface area contributed by atoms with Crippen molar-refractivity contribution in [1.29, 1.82) is 0 Å². The molecule has 0 radical (unpaired) electrons. The summed E-state index contributed by atoms with van der Waals surface area (Å²) in [5.74, 6) is 21.8. The molecule has 0 atom stereocenters. The van der Waals surface area contributed by atoms with Crippen molar-refractivity contribution in [2.75, 3.05) is 11.5 Å². The minimum atomic E-state index is 0.710. The van der Waals surface area contributed by atoms with Crippen LogP contribution in [0.2, 0.25) is 0 Å². The number of hydrogen-bond donors (Lipinski definition) is 2. The fourth-order valence-electron chi connectivity index (χ4n) is 1.46. The van der Waals surface area contributed by atoms with Gasteiger partial charge >= 0.3 is 0 Å². The van der Waals surface area contributed by atoms with Gasteiger partial charge in [0.05, 0.1) is 0 Å². The highest BCUT2D eigenvalue weighted by Gasteiger charge is 1.85. The van der Waals surface area contributed by atoms with Crippen molar-refractivity contribution < 1.29 is 0 Å². The highest BCUT2D eigenvalue weighted by Crippen LogP contribution is 2.03. The van der Waals surface area contributed by atoms with Gasteiger partial charge in [-0.3, -0.25) is 0 Å². The monoisotopic (exact) mass is 280 g/mol. The Balaban J connectivity index is 1.93. The van der Waals surface area contributed by atoms with E-state index in [1.807, 2.05) is 24.3 Å². The Kier molecular flexibility index (Phi) is 5.19. The summed E-state index contributed by atoms with van der Waals surface area (Å²) in [5, 5.41) is 0. The van der Waals surface area contributed by atoms with Gasteiger partial charge in [-0.05, 0) is 84.1 Å². The SMILES string of the molecule is Nc1ccc(C#CC#CC#CC#Cc2ccc(N)cc2)cc1. The molecule has 0 fully saturated rings. The van der Waals surface area contributed by atoms with E-state index in [0.29, 0.717) is 11.4 Å². The van der Waals surface area contributed by atoms with Gasteiger partial charge in [0.25, 0.3) is 0 Å². The zero-order valence-electron chi connectivity index (χ0n) is 11.8. The molecule has 0 aliphatic carbocycles. The lowest BCUT2D eigenvalue weighted by Crippen LogP contribution is -1.82. The molecule has 2 aromatic carbocycles. The van der Waals surface area contributed by atoms with Gasteiger partial charge in [-0.25, -0.2) is 0 Å². The van der Waals surface area contributed by atoms with Crippen LogP contribution in [0.15, 0.2) is 48.5 Å². The van der Waals surface area contributed by atoms with Crippen molar-refractivity contribution in [2.24, 2.45) is 0 Å². The Morgan fingerprint density at radius 2 is 0.773 bits per heavy atom. The quantitative estimate of drug-likeness (QED) is 0.574. The number of nitrogens with two attached hydrogens (primary N) is 2. The number of anilines is 2. The summed E-state index contributed by atoms with van der Waals surface area (Å²) in [7, 11) is 0. The minimum Gasteiger partial charge on any atom is -0.399 e. The standard InChI is InChI=1S/C20H12N2/c21-19-13-9-17(10-14-19)7-5-3-1-2-4-6-8-18-11-15-20(22)16-12-18/h9-16H,21-22H2. The summed E-state index contributed by atoms with van der Waals surface area (Å²) in [6.07, 6.45) is 0. The molecule has 0 unspecified atom stereocenters. The van der Waals surface area contributed by atoms with Crippen molar-refractivity contribution in [3.8, 4) is 47.4 Å². The van der Waals surface area contributed by atoms with E-state index in [4.69, 9.17) is 11.5 Å². The van der Waals surface area contributed by atoms with E-state index in [0.717, 1.165) is 11.1 Å². The van der Waals surface area contributed by atoms with E-state index in [2.05, 4.69) is 47.4 Å². The molecular weight excluding hydrogens is 268 g/mol. The van der Waals surface area contributed by atoms with Crippen LogP contribution < -0.4 is 11.5 Å². The molecule has 2 aromatic rings. The molecule has 0 aromatic heterocycles. The molecule has 0 heterocycles. The van der Waals surface area contributed by atoms with Crippen LogP contribution in [0.3, 0.4) is 0 Å². The number of rotatable bonds is 0. The first-order chi connectivity index (χ1) is 10.7. The van der Waals surface area contributed by atoms with Gasteiger partial charge in [-0.1, -0.05) is 11.8 Å². The lowest BCUT2D eigenvalue weighted by Gasteiger charge is -1.90. The van der Waals surface area contributed by atoms with Gasteiger partial charge in [-0.15, -0.1) is 0 Å². The Morgan fingerprint density at radius 1 is 0.455 bits per heavy atom. The van der Waals surface area contributed by atoms with Crippen LogP contribution in [0.5, 0.6) is 0 Å². The van der Waals surface area contributed by atoms with Gasteiger partial charge < -0.3 is 11.5 Å². The van der Waals surface area contributed by atoms with Crippen LogP contribution in [-0.4, -0.2) is 0 Å². The molecular formula is C20H12N2. The second-order valence-corrected chi connectivity index (χ2v) is 4.24. The smallest absolute Gasteiger partial charge is 0.0314 e. The maximum Gasteiger partial charge on any atom is 0.0314 e. The molecule has 2 heteroatoms. The summed E-state index contributed by atoms with van der Waals surface area (Å²) >= 11 is 0. The molecule has 0 aliphatic rings. The molecule has 0 bridgehead atoms. The molecule has 102 valence electrons. The second-order valence-electron chi connectivity index (χ2n) is 4.24. The molecule has 0 amide bonds. The van der Waals surface area contributed by atoms with Crippen molar-refractivity contribution in [1.82, 2.24) is 0 Å². The maximum atomic E-state index is 5.59. The highest BCUT2D eigenvalue weighted by atomic mass is 14.5. The topological polar surface area (TPSA) is 52.0 Å². The van der Waals surface area contributed by atoms with Gasteiger partial charge in [0, 0.05) is 22.5 Å². The van der Waals surface area contributed by atoms with Gasteiger partial charge in [0.1, 0.15) is 0 Å². The lowest BCUT2D eigenvalue weighted by atomic mass is 10.2. The van der Waals surface area contributed by atoms with Crippen molar-refractivity contribution in [3.63, 3.8) is 0 Å². The molecule has 22 heavy (non-hydrogen) atoms. The first-order valence-corrected chi connectivity index (χ1v) is 6.47. The normalized spacial score (nSPS) is 7.82. The van der Waals surface area contributed by atoms with E-state index < -0.39 is 0 Å². The van der Waals surface area contributed by atoms with E-state index in [9.17, 15) is 0 Å². The van der Waals surface area contributed by atoms with E-state index in [-0.39, 0.29) is 0 Å². The first kappa shape index (κ1) is 14.7. The summed E-state index contributed by atoms with van der Waals surface area (Å²) in [5.41, 5.74) is 14.3. The fourth-order valence-corrected chi connectivity index (χ4v) is 1.46. The molecule has 0 aliphatic heterocycles. The highest BCUT2D eigenvalue weighted by molar-refractivity contribution is 5.49. The largest absolute Gasteiger partial charge is 0.399 e.